The van der Waals surface area contributed by atoms with Crippen molar-refractivity contribution < 1.29 is 4.39 Å². The van der Waals surface area contributed by atoms with Crippen molar-refractivity contribution in [3.8, 4) is 11.3 Å². The predicted octanol–water partition coefficient (Wildman–Crippen LogP) is 3.30. The van der Waals surface area contributed by atoms with Gasteiger partial charge >= 0.3 is 0 Å². The smallest absolute Gasteiger partial charge is 0.261 e. The topological polar surface area (TPSA) is 47.8 Å². The Labute approximate surface area is 138 Å². The molecule has 1 aliphatic rings. The van der Waals surface area contributed by atoms with Gasteiger partial charge in [0, 0.05) is 18.2 Å². The summed E-state index contributed by atoms with van der Waals surface area (Å²) in [6.07, 6.45) is 3.73. The molecule has 3 heterocycles. The van der Waals surface area contributed by atoms with Crippen LogP contribution in [0.3, 0.4) is 0 Å². The van der Waals surface area contributed by atoms with Crippen molar-refractivity contribution in [2.24, 2.45) is 0 Å². The van der Waals surface area contributed by atoms with Crippen LogP contribution in [0.1, 0.15) is 12.2 Å². The zero-order chi connectivity index (χ0) is 16.7. The summed E-state index contributed by atoms with van der Waals surface area (Å²) in [6, 6.07) is 11.1. The molecular weight excluding hydrogens is 305 g/mol. The number of aromatic nitrogens is 3. The van der Waals surface area contributed by atoms with Gasteiger partial charge in [0.15, 0.2) is 0 Å². The van der Waals surface area contributed by atoms with Crippen LogP contribution in [0.4, 0.5) is 4.39 Å². The van der Waals surface area contributed by atoms with Crippen LogP contribution >= 0.6 is 0 Å². The third kappa shape index (κ3) is 2.33. The van der Waals surface area contributed by atoms with E-state index in [1.54, 1.807) is 12.3 Å². The van der Waals surface area contributed by atoms with Gasteiger partial charge in [-0.05, 0) is 30.7 Å². The molecule has 0 saturated carbocycles. The summed E-state index contributed by atoms with van der Waals surface area (Å²) < 4.78 is 16.0. The molecule has 1 aliphatic heterocycles. The van der Waals surface area contributed by atoms with E-state index in [4.69, 9.17) is 0 Å². The van der Waals surface area contributed by atoms with Gasteiger partial charge in [-0.25, -0.2) is 9.37 Å². The highest BCUT2D eigenvalue weighted by Crippen LogP contribution is 2.28. The Kier molecular flexibility index (Phi) is 3.30. The summed E-state index contributed by atoms with van der Waals surface area (Å²) >= 11 is 0. The predicted molar refractivity (Wildman–Crippen MR) is 91.6 cm³/mol. The molecule has 0 amide bonds. The van der Waals surface area contributed by atoms with E-state index in [0.29, 0.717) is 29.6 Å². The number of aryl methyl sites for hydroxylation is 1. The zero-order valence-corrected chi connectivity index (χ0v) is 13.1. The number of rotatable bonds is 2. The van der Waals surface area contributed by atoms with Crippen LogP contribution in [0.2, 0.25) is 0 Å². The summed E-state index contributed by atoms with van der Waals surface area (Å²) in [5, 5.41) is 0.492. The maximum atomic E-state index is 14.5. The largest absolute Gasteiger partial charge is 0.293 e. The number of benzene rings is 1. The Bertz CT molecular complexity index is 997. The Morgan fingerprint density at radius 2 is 2.17 bits per heavy atom. The number of hydrogen-bond donors (Lipinski definition) is 0. The molecule has 2 aromatic heterocycles. The van der Waals surface area contributed by atoms with Gasteiger partial charge in [0.2, 0.25) is 0 Å². The van der Waals surface area contributed by atoms with Crippen LogP contribution in [-0.4, -0.2) is 20.2 Å². The van der Waals surface area contributed by atoms with Crippen LogP contribution in [0.25, 0.3) is 22.2 Å². The number of hydrogen-bond acceptors (Lipinski definition) is 3. The van der Waals surface area contributed by atoms with Gasteiger partial charge in [-0.15, -0.1) is 0 Å². The maximum absolute atomic E-state index is 14.5. The van der Waals surface area contributed by atoms with E-state index < -0.39 is 5.67 Å². The minimum Gasteiger partial charge on any atom is -0.293 e. The highest BCUT2D eigenvalue weighted by atomic mass is 19.1. The number of alkyl halides is 1. The van der Waals surface area contributed by atoms with Gasteiger partial charge in [0.25, 0.3) is 5.56 Å². The molecule has 0 bridgehead atoms. The number of nitrogens with zero attached hydrogens (tertiary/aromatic N) is 3. The lowest BCUT2D eigenvalue weighted by Gasteiger charge is -2.29. The molecule has 0 radical (unpaired) electrons. The monoisotopic (exact) mass is 321 g/mol. The van der Waals surface area contributed by atoms with E-state index in [-0.39, 0.29) is 12.1 Å². The van der Waals surface area contributed by atoms with Crippen molar-refractivity contribution in [1.82, 2.24) is 14.5 Å². The summed E-state index contributed by atoms with van der Waals surface area (Å²) in [5.74, 6) is 0.626. The highest BCUT2D eigenvalue weighted by Gasteiger charge is 2.33. The summed E-state index contributed by atoms with van der Waals surface area (Å²) in [7, 11) is 0. The Hall–Kier alpha value is -2.82. The van der Waals surface area contributed by atoms with Gasteiger partial charge in [-0.3, -0.25) is 14.3 Å². The average molecular weight is 321 g/mol. The van der Waals surface area contributed by atoms with Crippen LogP contribution in [0.5, 0.6) is 0 Å². The van der Waals surface area contributed by atoms with E-state index in [0.717, 1.165) is 11.3 Å². The SMILES string of the molecule is C=CC1(F)CCc2nc3cc(-c4ccccn4)ccc3c(=O)n2C1. The van der Waals surface area contributed by atoms with E-state index in [1.165, 1.54) is 10.6 Å². The first-order valence-corrected chi connectivity index (χ1v) is 7.87. The van der Waals surface area contributed by atoms with Gasteiger partial charge < -0.3 is 0 Å². The molecule has 0 N–H and O–H groups in total. The fourth-order valence-corrected chi connectivity index (χ4v) is 3.14. The zero-order valence-electron chi connectivity index (χ0n) is 13.1. The third-order valence-corrected chi connectivity index (χ3v) is 4.55. The molecular formula is C19H16FN3O. The first kappa shape index (κ1) is 14.8. The number of allylic oxidation sites excluding steroid dienone is 1. The quantitative estimate of drug-likeness (QED) is 0.681. The fraction of sp³-hybridized carbons (Fsp3) is 0.211. The molecule has 4 nitrogen and oxygen atoms in total. The molecule has 1 unspecified atom stereocenters. The van der Waals surface area contributed by atoms with Gasteiger partial charge in [0.05, 0.1) is 23.1 Å². The van der Waals surface area contributed by atoms with E-state index in [2.05, 4.69) is 16.5 Å². The van der Waals surface area contributed by atoms with Crippen molar-refractivity contribution in [1.29, 1.82) is 0 Å². The number of halogens is 1. The summed E-state index contributed by atoms with van der Waals surface area (Å²) in [6.45, 7) is 3.53. The normalized spacial score (nSPS) is 19.9. The molecule has 0 fully saturated rings. The Morgan fingerprint density at radius 1 is 1.29 bits per heavy atom. The molecule has 3 aromatic rings. The van der Waals surface area contributed by atoms with Gasteiger partial charge in [-0.2, -0.15) is 0 Å². The van der Waals surface area contributed by atoms with Crippen molar-refractivity contribution in [2.45, 2.75) is 25.1 Å². The Morgan fingerprint density at radius 3 is 2.92 bits per heavy atom. The minimum atomic E-state index is -1.54. The standard InChI is InChI=1S/C19H16FN3O/c1-2-19(20)9-8-17-22-16-11-13(15-5-3-4-10-21-15)6-7-14(16)18(24)23(17)12-19/h2-7,10-11H,1,8-9,12H2. The maximum Gasteiger partial charge on any atom is 0.261 e. The number of pyridine rings is 1. The molecule has 4 rings (SSSR count). The van der Waals surface area contributed by atoms with Gasteiger partial charge in [-0.1, -0.05) is 24.8 Å². The van der Waals surface area contributed by atoms with Crippen molar-refractivity contribution >= 4 is 10.9 Å². The van der Waals surface area contributed by atoms with E-state index in [1.807, 2.05) is 30.3 Å². The van der Waals surface area contributed by atoms with Crippen molar-refractivity contribution in [3.63, 3.8) is 0 Å². The molecule has 24 heavy (non-hydrogen) atoms. The molecule has 120 valence electrons. The van der Waals surface area contributed by atoms with Crippen LogP contribution in [0.15, 0.2) is 60.0 Å². The molecule has 1 atom stereocenters. The van der Waals surface area contributed by atoms with E-state index >= 15 is 0 Å². The Balaban J connectivity index is 1.88. The summed E-state index contributed by atoms with van der Waals surface area (Å²) in [4.78, 5) is 21.7. The second-order valence-electron chi connectivity index (χ2n) is 6.10. The minimum absolute atomic E-state index is 0.0183. The van der Waals surface area contributed by atoms with Crippen molar-refractivity contribution in [2.75, 3.05) is 0 Å². The number of fused-ring (bicyclic) bond motifs is 2. The second kappa shape index (κ2) is 5.37. The third-order valence-electron chi connectivity index (χ3n) is 4.55. The van der Waals surface area contributed by atoms with Crippen LogP contribution in [0, 0.1) is 0 Å². The van der Waals surface area contributed by atoms with Crippen molar-refractivity contribution in [3.05, 3.63) is 71.4 Å². The highest BCUT2D eigenvalue weighted by molar-refractivity contribution is 5.83. The first-order valence-electron chi connectivity index (χ1n) is 7.87. The lowest BCUT2D eigenvalue weighted by Crippen LogP contribution is -2.40. The lowest BCUT2D eigenvalue weighted by molar-refractivity contribution is 0.160. The fourth-order valence-electron chi connectivity index (χ4n) is 3.14. The first-order chi connectivity index (χ1) is 11.6. The second-order valence-corrected chi connectivity index (χ2v) is 6.10. The van der Waals surface area contributed by atoms with Gasteiger partial charge in [0.1, 0.15) is 11.5 Å². The van der Waals surface area contributed by atoms with Crippen LogP contribution < -0.4 is 5.56 Å². The molecule has 1 aromatic carbocycles. The van der Waals surface area contributed by atoms with E-state index in [9.17, 15) is 9.18 Å². The molecule has 0 saturated heterocycles. The molecule has 0 spiro atoms. The summed E-state index contributed by atoms with van der Waals surface area (Å²) in [5.41, 5.74) is 0.612. The van der Waals surface area contributed by atoms with Crippen LogP contribution in [-0.2, 0) is 13.0 Å². The lowest BCUT2D eigenvalue weighted by atomic mass is 9.95. The molecule has 5 heteroatoms. The average Bonchev–Trinajstić information content (AvgIpc) is 2.63. The molecule has 0 aliphatic carbocycles.